The first-order valence-corrected chi connectivity index (χ1v) is 17.8. The smallest absolute Gasteiger partial charge is 0.234 e. The minimum Gasteiger partial charge on any atom is -0.457 e. The molecule has 0 bridgehead atoms. The molecule has 0 radical (unpaired) electrons. The number of ether oxygens (including phenoxy) is 1. The van der Waals surface area contributed by atoms with Gasteiger partial charge in [-0.25, -0.2) is 9.97 Å². The Balaban J connectivity index is 1.14. The quantitative estimate of drug-likeness (QED) is 0.168. The van der Waals surface area contributed by atoms with Crippen LogP contribution in [0.1, 0.15) is 32.0 Å². The fraction of sp³-hybridized carbons (Fsp3) is 0.130. The average Bonchev–Trinajstić information content (AvgIpc) is 3.70. The predicted octanol–water partition coefficient (Wildman–Crippen LogP) is 11.4. The summed E-state index contributed by atoms with van der Waals surface area (Å²) in [4.78, 5) is 14.6. The van der Waals surface area contributed by atoms with E-state index < -0.39 is 0 Å². The summed E-state index contributed by atoms with van der Waals surface area (Å²) in [7, 11) is 0. The molecule has 6 aromatic carbocycles. The Morgan fingerprint density at radius 1 is 0.615 bits per heavy atom. The van der Waals surface area contributed by atoms with Gasteiger partial charge in [0.05, 0.1) is 34.8 Å². The van der Waals surface area contributed by atoms with Crippen LogP contribution in [0.4, 0.5) is 17.1 Å². The third-order valence-electron chi connectivity index (χ3n) is 9.84. The highest BCUT2D eigenvalue weighted by Gasteiger charge is 2.28. The van der Waals surface area contributed by atoms with Crippen molar-refractivity contribution in [2.45, 2.75) is 32.7 Å². The number of hydrogen-bond donors (Lipinski definition) is 0. The molecule has 0 spiro atoms. The summed E-state index contributed by atoms with van der Waals surface area (Å²) in [5.41, 5.74) is 9.91. The van der Waals surface area contributed by atoms with Crippen molar-refractivity contribution in [3.8, 4) is 28.6 Å². The summed E-state index contributed by atoms with van der Waals surface area (Å²) >= 11 is 0. The molecule has 0 unspecified atom stereocenters. The molecule has 0 N–H and O–H groups in total. The zero-order valence-corrected chi connectivity index (χ0v) is 29.6. The number of anilines is 3. The minimum absolute atomic E-state index is 0.110. The number of para-hydroxylation sites is 3. The fourth-order valence-corrected chi connectivity index (χ4v) is 7.28. The Bertz CT molecular complexity index is 2550. The second-order valence-corrected chi connectivity index (χ2v) is 14.4. The highest BCUT2D eigenvalue weighted by molar-refractivity contribution is 6.09. The van der Waals surface area contributed by atoms with Gasteiger partial charge in [0.1, 0.15) is 11.5 Å². The summed E-state index contributed by atoms with van der Waals surface area (Å²) in [6.45, 7) is 8.08. The van der Waals surface area contributed by atoms with E-state index in [0.717, 1.165) is 69.0 Å². The van der Waals surface area contributed by atoms with Crippen LogP contribution >= 0.6 is 0 Å². The number of rotatable bonds is 7. The van der Waals surface area contributed by atoms with Crippen molar-refractivity contribution >= 4 is 38.9 Å². The number of benzene rings is 6. The van der Waals surface area contributed by atoms with Gasteiger partial charge >= 0.3 is 0 Å². The van der Waals surface area contributed by atoms with Gasteiger partial charge in [0.25, 0.3) is 0 Å². The molecule has 0 amide bonds. The molecule has 0 fully saturated rings. The van der Waals surface area contributed by atoms with Crippen LogP contribution < -0.4 is 14.5 Å². The minimum atomic E-state index is -0.110. The molecule has 1 aliphatic rings. The molecule has 0 atom stereocenters. The highest BCUT2D eigenvalue weighted by Crippen LogP contribution is 2.44. The first-order valence-electron chi connectivity index (χ1n) is 17.8. The van der Waals surface area contributed by atoms with Crippen molar-refractivity contribution < 1.29 is 4.74 Å². The van der Waals surface area contributed by atoms with Gasteiger partial charge in [-0.05, 0) is 65.2 Å². The van der Waals surface area contributed by atoms with Crippen molar-refractivity contribution in [1.82, 2.24) is 14.5 Å². The van der Waals surface area contributed by atoms with Crippen LogP contribution in [-0.2, 0) is 12.0 Å². The third-order valence-corrected chi connectivity index (χ3v) is 9.84. The zero-order chi connectivity index (χ0) is 35.2. The summed E-state index contributed by atoms with van der Waals surface area (Å²) in [6, 6.07) is 53.2. The molecule has 0 saturated carbocycles. The summed E-state index contributed by atoms with van der Waals surface area (Å²) < 4.78 is 8.98. The van der Waals surface area contributed by atoms with Gasteiger partial charge < -0.3 is 14.5 Å². The van der Waals surface area contributed by atoms with Crippen LogP contribution in [0, 0.1) is 0 Å². The molecular formula is C46H39N5O. The first-order chi connectivity index (χ1) is 25.4. The van der Waals surface area contributed by atoms with E-state index in [1.165, 1.54) is 16.9 Å². The number of fused-ring (bicyclic) bond motifs is 4. The van der Waals surface area contributed by atoms with Crippen molar-refractivity contribution in [1.29, 1.82) is 0 Å². The van der Waals surface area contributed by atoms with Gasteiger partial charge in [-0.3, -0.25) is 4.57 Å². The largest absolute Gasteiger partial charge is 0.457 e. The molecule has 52 heavy (non-hydrogen) atoms. The molecule has 0 aliphatic carbocycles. The van der Waals surface area contributed by atoms with Crippen molar-refractivity contribution in [3.05, 3.63) is 169 Å². The van der Waals surface area contributed by atoms with E-state index in [4.69, 9.17) is 14.7 Å². The predicted molar refractivity (Wildman–Crippen MR) is 213 cm³/mol. The number of aromatic nitrogens is 3. The summed E-state index contributed by atoms with van der Waals surface area (Å²) in [5.74, 6) is 2.16. The van der Waals surface area contributed by atoms with E-state index in [0.29, 0.717) is 5.95 Å². The van der Waals surface area contributed by atoms with Gasteiger partial charge in [0.15, 0.2) is 0 Å². The molecular weight excluding hydrogens is 639 g/mol. The Kier molecular flexibility index (Phi) is 7.73. The summed E-state index contributed by atoms with van der Waals surface area (Å²) in [5, 5.41) is 2.27. The molecule has 2 aromatic heterocycles. The lowest BCUT2D eigenvalue weighted by Crippen LogP contribution is -2.27. The lowest BCUT2D eigenvalue weighted by Gasteiger charge is -2.23. The zero-order valence-electron chi connectivity index (χ0n) is 29.6. The van der Waals surface area contributed by atoms with Gasteiger partial charge in [-0.2, -0.15) is 0 Å². The Hall–Kier alpha value is -6.40. The maximum Gasteiger partial charge on any atom is 0.234 e. The standard InChI is InChI=1S/C46H39N5O/c1-46(2,3)44-24-25-47-45(48-44)51-40-19-11-10-18-38(40)39-23-22-36(29-43(39)51)52-37-27-34(33-16-8-5-9-17-33)26-35(28-37)50-31-49(30-32-14-6-4-7-15-32)41-20-12-13-21-42(41)50/h4-29H,30-31H2,1-3H3. The number of nitrogens with zero attached hydrogens (tertiary/aromatic N) is 5. The van der Waals surface area contributed by atoms with Crippen LogP contribution in [-0.4, -0.2) is 21.2 Å². The molecule has 1 aliphatic heterocycles. The molecule has 3 heterocycles. The average molecular weight is 678 g/mol. The van der Waals surface area contributed by atoms with Gasteiger partial charge in [0.2, 0.25) is 5.95 Å². The van der Waals surface area contributed by atoms with Gasteiger partial charge in [-0.1, -0.05) is 112 Å². The van der Waals surface area contributed by atoms with Crippen LogP contribution in [0.25, 0.3) is 38.9 Å². The maximum absolute atomic E-state index is 6.83. The maximum atomic E-state index is 6.83. The number of hydrogen-bond acceptors (Lipinski definition) is 5. The van der Waals surface area contributed by atoms with Crippen molar-refractivity contribution in [3.63, 3.8) is 0 Å². The van der Waals surface area contributed by atoms with Crippen LogP contribution in [0.3, 0.4) is 0 Å². The Morgan fingerprint density at radius 3 is 2.13 bits per heavy atom. The van der Waals surface area contributed by atoms with Crippen LogP contribution in [0.5, 0.6) is 11.5 Å². The SMILES string of the molecule is CC(C)(C)c1ccnc(-n2c3ccccc3c3ccc(Oc4cc(-c5ccccc5)cc(N5CN(Cc6ccccc6)c6ccccc65)c4)cc32)n1. The van der Waals surface area contributed by atoms with Crippen molar-refractivity contribution in [2.75, 3.05) is 16.5 Å². The molecule has 6 nitrogen and oxygen atoms in total. The second kappa shape index (κ2) is 12.7. The molecule has 254 valence electrons. The first kappa shape index (κ1) is 31.6. The highest BCUT2D eigenvalue weighted by atomic mass is 16.5. The molecule has 0 saturated heterocycles. The van der Waals surface area contributed by atoms with E-state index in [1.54, 1.807) is 0 Å². The molecule has 8 aromatic rings. The molecule has 6 heteroatoms. The lowest BCUT2D eigenvalue weighted by atomic mass is 9.92. The normalized spacial score (nSPS) is 12.8. The fourth-order valence-electron chi connectivity index (χ4n) is 7.28. The third kappa shape index (κ3) is 5.82. The van der Waals surface area contributed by atoms with Gasteiger partial charge in [0, 0.05) is 46.7 Å². The van der Waals surface area contributed by atoms with E-state index in [1.807, 2.05) is 12.3 Å². The van der Waals surface area contributed by atoms with Crippen LogP contribution in [0.15, 0.2) is 158 Å². The Labute approximate surface area is 304 Å². The topological polar surface area (TPSA) is 46.4 Å². The summed E-state index contributed by atoms with van der Waals surface area (Å²) in [6.07, 6.45) is 1.86. The second-order valence-electron chi connectivity index (χ2n) is 14.4. The lowest BCUT2D eigenvalue weighted by molar-refractivity contribution is 0.483. The van der Waals surface area contributed by atoms with Crippen molar-refractivity contribution in [2.24, 2.45) is 0 Å². The van der Waals surface area contributed by atoms with E-state index >= 15 is 0 Å². The van der Waals surface area contributed by atoms with Crippen LogP contribution in [0.2, 0.25) is 0 Å². The monoisotopic (exact) mass is 677 g/mol. The molecule has 9 rings (SSSR count). The Morgan fingerprint density at radius 2 is 1.33 bits per heavy atom. The van der Waals surface area contributed by atoms with E-state index in [-0.39, 0.29) is 5.41 Å². The van der Waals surface area contributed by atoms with E-state index in [9.17, 15) is 0 Å². The van der Waals surface area contributed by atoms with E-state index in [2.05, 4.69) is 181 Å². The van der Waals surface area contributed by atoms with Gasteiger partial charge in [-0.15, -0.1) is 0 Å².